The number of ether oxygens (including phenoxy) is 2. The summed E-state index contributed by atoms with van der Waals surface area (Å²) in [6.45, 7) is 11.5. The summed E-state index contributed by atoms with van der Waals surface area (Å²) in [6.07, 6.45) is 1.24. The number of para-hydroxylation sites is 1. The summed E-state index contributed by atoms with van der Waals surface area (Å²) in [5.74, 6) is 2.20. The number of hydrogen-bond donors (Lipinski definition) is 2. The molecule has 25 heavy (non-hydrogen) atoms. The molecule has 1 unspecified atom stereocenters. The molecule has 0 amide bonds. The molecule has 2 N–H and O–H groups in total. The molecule has 0 bridgehead atoms. The highest BCUT2D eigenvalue weighted by Crippen LogP contribution is 2.17. The molecule has 1 atom stereocenters. The number of methoxy groups -OCH3 is 1. The molecule has 0 aliphatic carbocycles. The number of halogens is 1. The van der Waals surface area contributed by atoms with E-state index in [1.165, 1.54) is 0 Å². The van der Waals surface area contributed by atoms with Gasteiger partial charge >= 0.3 is 0 Å². The zero-order valence-corrected chi connectivity index (χ0v) is 18.5. The van der Waals surface area contributed by atoms with Crippen LogP contribution in [0.15, 0.2) is 29.3 Å². The summed E-state index contributed by atoms with van der Waals surface area (Å²) in [5.41, 5.74) is 1.08. The minimum Gasteiger partial charge on any atom is -0.496 e. The van der Waals surface area contributed by atoms with Crippen molar-refractivity contribution >= 4 is 29.9 Å². The lowest BCUT2D eigenvalue weighted by molar-refractivity contribution is 0.0258. The molecule has 144 valence electrons. The maximum absolute atomic E-state index is 5.79. The Kier molecular flexibility index (Phi) is 13.6. The predicted octanol–water partition coefficient (Wildman–Crippen LogP) is 3.82. The molecule has 0 aliphatic heterocycles. The SMILES string of the molecule is CCNC(=NCc1ccccc1OC)NCCC(OCC)C(C)C.I. The molecular formula is C19H34IN3O2. The smallest absolute Gasteiger partial charge is 0.191 e. The average molecular weight is 463 g/mol. The fourth-order valence-electron chi connectivity index (χ4n) is 2.50. The number of benzene rings is 1. The quantitative estimate of drug-likeness (QED) is 0.315. The van der Waals surface area contributed by atoms with Gasteiger partial charge in [0.15, 0.2) is 5.96 Å². The Balaban J connectivity index is 0.00000576. The fraction of sp³-hybridized carbons (Fsp3) is 0.632. The van der Waals surface area contributed by atoms with E-state index in [4.69, 9.17) is 9.47 Å². The predicted molar refractivity (Wildman–Crippen MR) is 116 cm³/mol. The van der Waals surface area contributed by atoms with Crippen LogP contribution in [0.3, 0.4) is 0 Å². The van der Waals surface area contributed by atoms with Crippen LogP contribution in [-0.2, 0) is 11.3 Å². The molecule has 0 spiro atoms. The topological polar surface area (TPSA) is 54.9 Å². The maximum Gasteiger partial charge on any atom is 0.191 e. The van der Waals surface area contributed by atoms with Crippen LogP contribution in [-0.4, -0.2) is 38.9 Å². The van der Waals surface area contributed by atoms with Crippen LogP contribution in [0.4, 0.5) is 0 Å². The Morgan fingerprint density at radius 2 is 1.88 bits per heavy atom. The monoisotopic (exact) mass is 463 g/mol. The van der Waals surface area contributed by atoms with Crippen LogP contribution in [0.2, 0.25) is 0 Å². The molecule has 0 aliphatic rings. The van der Waals surface area contributed by atoms with Gasteiger partial charge < -0.3 is 20.1 Å². The zero-order chi connectivity index (χ0) is 17.8. The summed E-state index contributed by atoms with van der Waals surface area (Å²) in [7, 11) is 1.69. The van der Waals surface area contributed by atoms with Crippen LogP contribution in [0.5, 0.6) is 5.75 Å². The number of aliphatic imine (C=N–C) groups is 1. The molecule has 0 saturated heterocycles. The van der Waals surface area contributed by atoms with E-state index in [2.05, 4.69) is 36.4 Å². The van der Waals surface area contributed by atoms with Gasteiger partial charge in [0.1, 0.15) is 5.75 Å². The number of rotatable bonds is 10. The fourth-order valence-corrected chi connectivity index (χ4v) is 2.50. The lowest BCUT2D eigenvalue weighted by Gasteiger charge is -2.21. The highest BCUT2D eigenvalue weighted by Gasteiger charge is 2.13. The van der Waals surface area contributed by atoms with Gasteiger partial charge in [-0.15, -0.1) is 24.0 Å². The van der Waals surface area contributed by atoms with Gasteiger partial charge in [0.25, 0.3) is 0 Å². The summed E-state index contributed by atoms with van der Waals surface area (Å²) < 4.78 is 11.2. The Morgan fingerprint density at radius 3 is 2.48 bits per heavy atom. The third-order valence-electron chi connectivity index (χ3n) is 3.79. The van der Waals surface area contributed by atoms with Gasteiger partial charge in [0.2, 0.25) is 0 Å². The average Bonchev–Trinajstić information content (AvgIpc) is 2.58. The number of hydrogen-bond acceptors (Lipinski definition) is 3. The van der Waals surface area contributed by atoms with Gasteiger partial charge in [-0.2, -0.15) is 0 Å². The van der Waals surface area contributed by atoms with Crippen molar-refractivity contribution in [1.29, 1.82) is 0 Å². The molecule has 0 radical (unpaired) electrons. The van der Waals surface area contributed by atoms with Gasteiger partial charge in [-0.25, -0.2) is 4.99 Å². The van der Waals surface area contributed by atoms with Gasteiger partial charge in [-0.3, -0.25) is 0 Å². The minimum atomic E-state index is 0. The van der Waals surface area contributed by atoms with E-state index in [9.17, 15) is 0 Å². The number of nitrogens with zero attached hydrogens (tertiary/aromatic N) is 1. The van der Waals surface area contributed by atoms with Crippen molar-refractivity contribution in [3.8, 4) is 5.75 Å². The first-order valence-electron chi connectivity index (χ1n) is 8.88. The maximum atomic E-state index is 5.79. The second kappa shape index (κ2) is 14.2. The third-order valence-corrected chi connectivity index (χ3v) is 3.79. The second-order valence-electron chi connectivity index (χ2n) is 5.96. The van der Waals surface area contributed by atoms with Crippen LogP contribution in [0, 0.1) is 5.92 Å². The molecule has 0 saturated carbocycles. The van der Waals surface area contributed by atoms with E-state index < -0.39 is 0 Å². The van der Waals surface area contributed by atoms with Gasteiger partial charge in [-0.1, -0.05) is 32.0 Å². The van der Waals surface area contributed by atoms with Crippen molar-refractivity contribution in [2.24, 2.45) is 10.9 Å². The molecule has 6 heteroatoms. The minimum absolute atomic E-state index is 0. The molecule has 0 heterocycles. The highest BCUT2D eigenvalue weighted by atomic mass is 127. The normalized spacial score (nSPS) is 12.5. The zero-order valence-electron chi connectivity index (χ0n) is 16.2. The number of nitrogens with one attached hydrogen (secondary N) is 2. The van der Waals surface area contributed by atoms with E-state index >= 15 is 0 Å². The van der Waals surface area contributed by atoms with Gasteiger partial charge in [0.05, 0.1) is 19.8 Å². The van der Waals surface area contributed by atoms with Crippen LogP contribution in [0.25, 0.3) is 0 Å². The van der Waals surface area contributed by atoms with Crippen molar-refractivity contribution in [2.75, 3.05) is 26.8 Å². The van der Waals surface area contributed by atoms with Crippen LogP contribution < -0.4 is 15.4 Å². The van der Waals surface area contributed by atoms with Crippen molar-refractivity contribution in [3.63, 3.8) is 0 Å². The number of guanidine groups is 1. The van der Waals surface area contributed by atoms with Crippen molar-refractivity contribution in [1.82, 2.24) is 10.6 Å². The van der Waals surface area contributed by atoms with E-state index in [1.807, 2.05) is 31.2 Å². The molecule has 1 aromatic rings. The van der Waals surface area contributed by atoms with Crippen molar-refractivity contribution < 1.29 is 9.47 Å². The Hall–Kier alpha value is -1.02. The Bertz CT molecular complexity index is 495. The van der Waals surface area contributed by atoms with E-state index in [-0.39, 0.29) is 30.1 Å². The first-order valence-corrected chi connectivity index (χ1v) is 8.88. The standard InChI is InChI=1S/C19H33N3O2.HI/c1-6-20-19(21-13-12-17(15(3)4)24-7-2)22-14-16-10-8-9-11-18(16)23-5;/h8-11,15,17H,6-7,12-14H2,1-5H3,(H2,20,21,22);1H. The molecule has 0 fully saturated rings. The molecule has 1 rings (SSSR count). The molecule has 5 nitrogen and oxygen atoms in total. The third kappa shape index (κ3) is 9.30. The lowest BCUT2D eigenvalue weighted by Crippen LogP contribution is -2.39. The van der Waals surface area contributed by atoms with Gasteiger partial charge in [0, 0.05) is 25.3 Å². The molecular weight excluding hydrogens is 429 g/mol. The Morgan fingerprint density at radius 1 is 1.16 bits per heavy atom. The Labute approximate surface area is 170 Å². The summed E-state index contributed by atoms with van der Waals surface area (Å²) >= 11 is 0. The van der Waals surface area contributed by atoms with E-state index in [1.54, 1.807) is 7.11 Å². The first kappa shape index (κ1) is 24.0. The highest BCUT2D eigenvalue weighted by molar-refractivity contribution is 14.0. The summed E-state index contributed by atoms with van der Waals surface area (Å²) in [5, 5.41) is 6.67. The van der Waals surface area contributed by atoms with Crippen molar-refractivity contribution in [2.45, 2.75) is 46.8 Å². The second-order valence-corrected chi connectivity index (χ2v) is 5.96. The summed E-state index contributed by atoms with van der Waals surface area (Å²) in [6, 6.07) is 7.97. The van der Waals surface area contributed by atoms with Crippen LogP contribution >= 0.6 is 24.0 Å². The van der Waals surface area contributed by atoms with Crippen molar-refractivity contribution in [3.05, 3.63) is 29.8 Å². The van der Waals surface area contributed by atoms with E-state index in [0.29, 0.717) is 12.5 Å². The lowest BCUT2D eigenvalue weighted by atomic mass is 10.0. The van der Waals surface area contributed by atoms with Crippen LogP contribution in [0.1, 0.15) is 39.7 Å². The van der Waals surface area contributed by atoms with Gasteiger partial charge in [-0.05, 0) is 32.3 Å². The summed E-state index contributed by atoms with van der Waals surface area (Å²) in [4.78, 5) is 4.65. The molecule has 1 aromatic carbocycles. The van der Waals surface area contributed by atoms with E-state index in [0.717, 1.165) is 43.4 Å². The first-order chi connectivity index (χ1) is 11.6. The largest absolute Gasteiger partial charge is 0.496 e. The molecule has 0 aromatic heterocycles.